The van der Waals surface area contributed by atoms with Gasteiger partial charge >= 0.3 is 0 Å². The van der Waals surface area contributed by atoms with Crippen LogP contribution in [0.5, 0.6) is 0 Å². The van der Waals surface area contributed by atoms with Crippen LogP contribution in [0.1, 0.15) is 20.3 Å². The Morgan fingerprint density at radius 2 is 2.17 bits per heavy atom. The monoisotopic (exact) mass is 254 g/mol. The fraction of sp³-hybridized carbons (Fsp3) is 0.571. The third-order valence-corrected chi connectivity index (χ3v) is 3.26. The molecule has 0 radical (unpaired) electrons. The maximum Gasteiger partial charge on any atom is 0.146 e. The van der Waals surface area contributed by atoms with Crippen LogP contribution in [0.4, 0.5) is 14.5 Å². The molecule has 1 N–H and O–H groups in total. The van der Waals surface area contributed by atoms with Gasteiger partial charge in [0, 0.05) is 31.7 Å². The molecule has 18 heavy (non-hydrogen) atoms. The molecule has 0 spiro atoms. The maximum atomic E-state index is 13.7. The highest BCUT2D eigenvalue weighted by Gasteiger charge is 2.22. The predicted molar refractivity (Wildman–Crippen MR) is 69.8 cm³/mol. The van der Waals surface area contributed by atoms with E-state index in [-0.39, 0.29) is 11.6 Å². The molecule has 1 aromatic carbocycles. The molecule has 0 amide bonds. The highest BCUT2D eigenvalue weighted by Crippen LogP contribution is 2.22. The van der Waals surface area contributed by atoms with Crippen LogP contribution in [0.15, 0.2) is 18.2 Å². The van der Waals surface area contributed by atoms with Gasteiger partial charge in [0.15, 0.2) is 0 Å². The van der Waals surface area contributed by atoms with E-state index in [0.29, 0.717) is 17.6 Å². The van der Waals surface area contributed by atoms with Crippen LogP contribution in [0.25, 0.3) is 0 Å². The molecule has 100 valence electrons. The van der Waals surface area contributed by atoms with Crippen molar-refractivity contribution in [3.05, 3.63) is 29.8 Å². The molecular formula is C14H20F2N2. The van der Waals surface area contributed by atoms with Crippen LogP contribution in [-0.4, -0.2) is 25.7 Å². The molecule has 1 aliphatic heterocycles. The molecule has 1 atom stereocenters. The van der Waals surface area contributed by atoms with E-state index in [2.05, 4.69) is 19.2 Å². The summed E-state index contributed by atoms with van der Waals surface area (Å²) >= 11 is 0. The third kappa shape index (κ3) is 3.19. The lowest BCUT2D eigenvalue weighted by atomic mass is 10.0. The summed E-state index contributed by atoms with van der Waals surface area (Å²) in [6.07, 6.45) is 1.05. The number of anilines is 1. The Balaban J connectivity index is 2.10. The SMILES string of the molecule is CC(C)CC1CN(c2cc(F)ccc2F)CCN1. The topological polar surface area (TPSA) is 15.3 Å². The molecule has 1 saturated heterocycles. The van der Waals surface area contributed by atoms with Crippen LogP contribution in [0.3, 0.4) is 0 Å². The van der Waals surface area contributed by atoms with E-state index in [1.165, 1.54) is 12.1 Å². The Kier molecular flexibility index (Phi) is 4.17. The summed E-state index contributed by atoms with van der Waals surface area (Å²) in [4.78, 5) is 1.93. The van der Waals surface area contributed by atoms with Crippen molar-refractivity contribution in [2.75, 3.05) is 24.5 Å². The average molecular weight is 254 g/mol. The van der Waals surface area contributed by atoms with Crippen LogP contribution in [0, 0.1) is 17.6 Å². The number of hydrogen-bond acceptors (Lipinski definition) is 2. The Morgan fingerprint density at radius 3 is 2.89 bits per heavy atom. The fourth-order valence-electron chi connectivity index (χ4n) is 2.50. The zero-order valence-electron chi connectivity index (χ0n) is 10.9. The molecular weight excluding hydrogens is 234 g/mol. The average Bonchev–Trinajstić information content (AvgIpc) is 2.32. The van der Waals surface area contributed by atoms with Crippen molar-refractivity contribution in [2.24, 2.45) is 5.92 Å². The molecule has 1 aromatic rings. The van der Waals surface area contributed by atoms with Gasteiger partial charge < -0.3 is 10.2 Å². The van der Waals surface area contributed by atoms with Crippen molar-refractivity contribution in [2.45, 2.75) is 26.3 Å². The van der Waals surface area contributed by atoms with Crippen LogP contribution < -0.4 is 10.2 Å². The van der Waals surface area contributed by atoms with E-state index in [0.717, 1.165) is 32.1 Å². The van der Waals surface area contributed by atoms with E-state index in [9.17, 15) is 8.78 Å². The summed E-state index contributed by atoms with van der Waals surface area (Å²) in [7, 11) is 0. The summed E-state index contributed by atoms with van der Waals surface area (Å²) in [5.41, 5.74) is 0.380. The van der Waals surface area contributed by atoms with Crippen LogP contribution in [-0.2, 0) is 0 Å². The first kappa shape index (κ1) is 13.3. The van der Waals surface area contributed by atoms with E-state index in [1.54, 1.807) is 0 Å². The van der Waals surface area contributed by atoms with Gasteiger partial charge in [0.1, 0.15) is 11.6 Å². The van der Waals surface area contributed by atoms with Crippen molar-refractivity contribution in [3.8, 4) is 0 Å². The van der Waals surface area contributed by atoms with Gasteiger partial charge in [0.05, 0.1) is 5.69 Å². The van der Waals surface area contributed by atoms with Gasteiger partial charge in [-0.2, -0.15) is 0 Å². The lowest BCUT2D eigenvalue weighted by molar-refractivity contribution is 0.386. The number of nitrogens with zero attached hydrogens (tertiary/aromatic N) is 1. The van der Waals surface area contributed by atoms with Gasteiger partial charge in [-0.15, -0.1) is 0 Å². The Labute approximate surface area is 107 Å². The van der Waals surface area contributed by atoms with E-state index in [4.69, 9.17) is 0 Å². The van der Waals surface area contributed by atoms with Gasteiger partial charge in [-0.25, -0.2) is 8.78 Å². The van der Waals surface area contributed by atoms with Crippen LogP contribution >= 0.6 is 0 Å². The highest BCUT2D eigenvalue weighted by molar-refractivity contribution is 5.48. The van der Waals surface area contributed by atoms with Gasteiger partial charge in [-0.3, -0.25) is 0 Å². The Morgan fingerprint density at radius 1 is 1.39 bits per heavy atom. The second-order valence-corrected chi connectivity index (χ2v) is 5.32. The molecule has 2 rings (SSSR count). The normalized spacial score (nSPS) is 20.5. The quantitative estimate of drug-likeness (QED) is 0.892. The number of rotatable bonds is 3. The van der Waals surface area contributed by atoms with Crippen molar-refractivity contribution in [1.29, 1.82) is 0 Å². The van der Waals surface area contributed by atoms with E-state index < -0.39 is 0 Å². The number of nitrogens with one attached hydrogen (secondary N) is 1. The minimum Gasteiger partial charge on any atom is -0.366 e. The van der Waals surface area contributed by atoms with Gasteiger partial charge in [-0.1, -0.05) is 13.8 Å². The molecule has 0 saturated carbocycles. The molecule has 1 unspecified atom stereocenters. The minimum atomic E-state index is -0.384. The second kappa shape index (κ2) is 5.65. The summed E-state index contributed by atoms with van der Waals surface area (Å²) in [5.74, 6) is -0.133. The van der Waals surface area contributed by atoms with Crippen molar-refractivity contribution >= 4 is 5.69 Å². The first-order valence-electron chi connectivity index (χ1n) is 6.49. The standard InChI is InChI=1S/C14H20F2N2/c1-10(2)7-12-9-18(6-5-17-12)14-8-11(15)3-4-13(14)16/h3-4,8,10,12,17H,5-7,9H2,1-2H3. The molecule has 0 aliphatic carbocycles. The number of hydrogen-bond donors (Lipinski definition) is 1. The Hall–Kier alpha value is -1.16. The van der Waals surface area contributed by atoms with E-state index in [1.807, 2.05) is 4.90 Å². The predicted octanol–water partition coefficient (Wildman–Crippen LogP) is 2.79. The van der Waals surface area contributed by atoms with Crippen molar-refractivity contribution in [3.63, 3.8) is 0 Å². The lowest BCUT2D eigenvalue weighted by Crippen LogP contribution is -2.51. The summed E-state index contributed by atoms with van der Waals surface area (Å²) < 4.78 is 26.9. The first-order chi connectivity index (χ1) is 8.56. The molecule has 1 heterocycles. The summed E-state index contributed by atoms with van der Waals surface area (Å²) in [6.45, 7) is 6.60. The van der Waals surface area contributed by atoms with Crippen LogP contribution in [0.2, 0.25) is 0 Å². The molecule has 1 aliphatic rings. The number of benzene rings is 1. The molecule has 0 bridgehead atoms. The van der Waals surface area contributed by atoms with Crippen molar-refractivity contribution < 1.29 is 8.78 Å². The number of piperazine rings is 1. The maximum absolute atomic E-state index is 13.7. The smallest absolute Gasteiger partial charge is 0.146 e. The second-order valence-electron chi connectivity index (χ2n) is 5.32. The largest absolute Gasteiger partial charge is 0.366 e. The van der Waals surface area contributed by atoms with Crippen molar-refractivity contribution in [1.82, 2.24) is 5.32 Å². The molecule has 1 fully saturated rings. The first-order valence-corrected chi connectivity index (χ1v) is 6.49. The molecule has 4 heteroatoms. The third-order valence-electron chi connectivity index (χ3n) is 3.26. The summed E-state index contributed by atoms with van der Waals surface area (Å²) in [6, 6.07) is 3.99. The molecule has 2 nitrogen and oxygen atoms in total. The highest BCUT2D eigenvalue weighted by atomic mass is 19.1. The fourth-order valence-corrected chi connectivity index (χ4v) is 2.50. The minimum absolute atomic E-state index is 0.346. The zero-order chi connectivity index (χ0) is 13.1. The van der Waals surface area contributed by atoms with E-state index >= 15 is 0 Å². The Bertz CT molecular complexity index is 407. The zero-order valence-corrected chi connectivity index (χ0v) is 10.9. The van der Waals surface area contributed by atoms with Gasteiger partial charge in [0.2, 0.25) is 0 Å². The molecule has 0 aromatic heterocycles. The van der Waals surface area contributed by atoms with Gasteiger partial charge in [0.25, 0.3) is 0 Å². The van der Waals surface area contributed by atoms with Gasteiger partial charge in [-0.05, 0) is 24.5 Å². The summed E-state index contributed by atoms with van der Waals surface area (Å²) in [5, 5.41) is 3.43. The number of halogens is 2. The lowest BCUT2D eigenvalue weighted by Gasteiger charge is -2.36.